The molecule has 0 unspecified atom stereocenters. The molecule has 1 rings (SSSR count). The largest absolute Gasteiger partial charge is 0.462 e. The van der Waals surface area contributed by atoms with E-state index >= 15 is 0 Å². The number of unbranched alkanes of at least 4 members (excludes halogenated alkanes) is 5. The molecule has 2 nitrogen and oxygen atoms in total. The van der Waals surface area contributed by atoms with Gasteiger partial charge in [-0.2, -0.15) is 0 Å². The van der Waals surface area contributed by atoms with Crippen LogP contribution < -0.4 is 0 Å². The molecular formula is C17H32O2. The summed E-state index contributed by atoms with van der Waals surface area (Å²) < 4.78 is 5.51. The molecule has 1 saturated carbocycles. The van der Waals surface area contributed by atoms with Gasteiger partial charge in [-0.1, -0.05) is 52.4 Å². The summed E-state index contributed by atoms with van der Waals surface area (Å²) in [5, 5.41) is 0. The van der Waals surface area contributed by atoms with E-state index in [1.54, 1.807) is 6.92 Å². The second-order valence-electron chi connectivity index (χ2n) is 6.38. The first-order chi connectivity index (χ1) is 9.13. The lowest BCUT2D eigenvalue weighted by Gasteiger charge is -2.34. The summed E-state index contributed by atoms with van der Waals surface area (Å²) in [7, 11) is 0. The standard InChI is InChI=1S/C17H32O2/c1-4-5-6-7-8-9-10-16-13-14(2)11-12-17(16)19-15(3)18/h14,16-17H,4-13H2,1-3H3/t14-,16+,17-/m0/s1. The van der Waals surface area contributed by atoms with E-state index in [2.05, 4.69) is 13.8 Å². The number of carbonyl (C=O) groups is 1. The zero-order chi connectivity index (χ0) is 14.1. The highest BCUT2D eigenvalue weighted by molar-refractivity contribution is 5.66. The van der Waals surface area contributed by atoms with E-state index in [-0.39, 0.29) is 12.1 Å². The topological polar surface area (TPSA) is 26.3 Å². The molecule has 3 atom stereocenters. The first kappa shape index (κ1) is 16.5. The minimum Gasteiger partial charge on any atom is -0.462 e. The van der Waals surface area contributed by atoms with Gasteiger partial charge in [0.05, 0.1) is 0 Å². The Morgan fingerprint density at radius 2 is 1.79 bits per heavy atom. The zero-order valence-electron chi connectivity index (χ0n) is 13.1. The van der Waals surface area contributed by atoms with Gasteiger partial charge < -0.3 is 4.74 Å². The number of rotatable bonds is 8. The van der Waals surface area contributed by atoms with Crippen LogP contribution in [-0.2, 0) is 9.53 Å². The average molecular weight is 268 g/mol. The Labute approximate surface area is 119 Å². The number of esters is 1. The molecule has 1 aliphatic rings. The van der Waals surface area contributed by atoms with Crippen molar-refractivity contribution in [1.82, 2.24) is 0 Å². The van der Waals surface area contributed by atoms with Gasteiger partial charge in [0.1, 0.15) is 6.10 Å². The van der Waals surface area contributed by atoms with Crippen LogP contribution in [0.1, 0.15) is 85.0 Å². The Morgan fingerprint density at radius 1 is 1.11 bits per heavy atom. The fourth-order valence-corrected chi connectivity index (χ4v) is 3.33. The Balaban J connectivity index is 2.24. The second kappa shape index (κ2) is 9.39. The lowest BCUT2D eigenvalue weighted by molar-refractivity contribution is -0.151. The molecule has 0 spiro atoms. The average Bonchev–Trinajstić information content (AvgIpc) is 2.36. The summed E-state index contributed by atoms with van der Waals surface area (Å²) in [5.41, 5.74) is 0. The van der Waals surface area contributed by atoms with E-state index < -0.39 is 0 Å². The number of hydrogen-bond donors (Lipinski definition) is 0. The van der Waals surface area contributed by atoms with Crippen molar-refractivity contribution in [1.29, 1.82) is 0 Å². The first-order valence-corrected chi connectivity index (χ1v) is 8.30. The van der Waals surface area contributed by atoms with E-state index in [1.807, 2.05) is 0 Å². The van der Waals surface area contributed by atoms with Crippen molar-refractivity contribution in [3.8, 4) is 0 Å². The third-order valence-corrected chi connectivity index (χ3v) is 4.42. The molecule has 0 amide bonds. The monoisotopic (exact) mass is 268 g/mol. The van der Waals surface area contributed by atoms with Crippen molar-refractivity contribution in [3.05, 3.63) is 0 Å². The molecule has 0 saturated heterocycles. The van der Waals surface area contributed by atoms with Gasteiger partial charge in [-0.3, -0.25) is 4.79 Å². The van der Waals surface area contributed by atoms with Crippen molar-refractivity contribution in [2.45, 2.75) is 91.1 Å². The summed E-state index contributed by atoms with van der Waals surface area (Å²) >= 11 is 0. The van der Waals surface area contributed by atoms with Crippen LogP contribution in [0, 0.1) is 11.8 Å². The van der Waals surface area contributed by atoms with E-state index in [0.29, 0.717) is 5.92 Å². The molecule has 0 aromatic heterocycles. The molecule has 1 aliphatic carbocycles. The Kier molecular flexibility index (Phi) is 8.16. The highest BCUT2D eigenvalue weighted by atomic mass is 16.5. The van der Waals surface area contributed by atoms with Gasteiger partial charge >= 0.3 is 5.97 Å². The van der Waals surface area contributed by atoms with Crippen molar-refractivity contribution in [3.63, 3.8) is 0 Å². The lowest BCUT2D eigenvalue weighted by Crippen LogP contribution is -2.32. The van der Waals surface area contributed by atoms with E-state index in [4.69, 9.17) is 4.74 Å². The third-order valence-electron chi connectivity index (χ3n) is 4.42. The van der Waals surface area contributed by atoms with Crippen LogP contribution in [0.5, 0.6) is 0 Å². The molecule has 0 aliphatic heterocycles. The van der Waals surface area contributed by atoms with Crippen molar-refractivity contribution in [2.75, 3.05) is 0 Å². The normalized spacial score (nSPS) is 27.2. The van der Waals surface area contributed by atoms with Gasteiger partial charge in [0, 0.05) is 6.92 Å². The van der Waals surface area contributed by atoms with Gasteiger partial charge in [-0.25, -0.2) is 0 Å². The van der Waals surface area contributed by atoms with Gasteiger partial charge in [0.15, 0.2) is 0 Å². The summed E-state index contributed by atoms with van der Waals surface area (Å²) in [6.45, 7) is 6.13. The van der Waals surface area contributed by atoms with E-state index in [9.17, 15) is 4.79 Å². The van der Waals surface area contributed by atoms with Crippen molar-refractivity contribution >= 4 is 5.97 Å². The predicted octanol–water partition coefficient (Wildman–Crippen LogP) is 5.10. The molecule has 0 radical (unpaired) electrons. The maximum Gasteiger partial charge on any atom is 0.302 e. The highest BCUT2D eigenvalue weighted by Crippen LogP contribution is 2.34. The summed E-state index contributed by atoms with van der Waals surface area (Å²) in [4.78, 5) is 11.2. The van der Waals surface area contributed by atoms with Crippen LogP contribution in [0.4, 0.5) is 0 Å². The molecular weight excluding hydrogens is 236 g/mol. The van der Waals surface area contributed by atoms with Crippen molar-refractivity contribution < 1.29 is 9.53 Å². The molecule has 0 bridgehead atoms. The minimum absolute atomic E-state index is 0.104. The SMILES string of the molecule is CCCCCCCC[C@@H]1C[C@@H](C)CC[C@@H]1OC(C)=O. The lowest BCUT2D eigenvalue weighted by atomic mass is 9.78. The smallest absolute Gasteiger partial charge is 0.302 e. The summed E-state index contributed by atoms with van der Waals surface area (Å²) in [5.74, 6) is 1.31. The molecule has 0 N–H and O–H groups in total. The molecule has 112 valence electrons. The van der Waals surface area contributed by atoms with Gasteiger partial charge in [0.25, 0.3) is 0 Å². The van der Waals surface area contributed by atoms with Gasteiger partial charge in [0.2, 0.25) is 0 Å². The highest BCUT2D eigenvalue weighted by Gasteiger charge is 2.30. The molecule has 19 heavy (non-hydrogen) atoms. The maximum atomic E-state index is 11.2. The molecule has 0 aromatic carbocycles. The maximum absolute atomic E-state index is 11.2. The van der Waals surface area contributed by atoms with Crippen LogP contribution in [0.15, 0.2) is 0 Å². The van der Waals surface area contributed by atoms with E-state index in [0.717, 1.165) is 12.3 Å². The fraction of sp³-hybridized carbons (Fsp3) is 0.941. The van der Waals surface area contributed by atoms with Gasteiger partial charge in [-0.15, -0.1) is 0 Å². The zero-order valence-corrected chi connectivity index (χ0v) is 13.1. The molecule has 0 aromatic rings. The quantitative estimate of drug-likeness (QED) is 0.452. The number of ether oxygens (including phenoxy) is 1. The van der Waals surface area contributed by atoms with Crippen LogP contribution in [-0.4, -0.2) is 12.1 Å². The van der Waals surface area contributed by atoms with Crippen LogP contribution in [0.2, 0.25) is 0 Å². The summed E-state index contributed by atoms with van der Waals surface area (Å²) in [6, 6.07) is 0. The van der Waals surface area contributed by atoms with Crippen LogP contribution in [0.3, 0.4) is 0 Å². The van der Waals surface area contributed by atoms with Crippen molar-refractivity contribution in [2.24, 2.45) is 11.8 Å². The Bertz CT molecular complexity index is 250. The third kappa shape index (κ3) is 6.98. The Hall–Kier alpha value is -0.530. The first-order valence-electron chi connectivity index (χ1n) is 8.30. The molecule has 1 fully saturated rings. The van der Waals surface area contributed by atoms with E-state index in [1.165, 1.54) is 57.8 Å². The fourth-order valence-electron chi connectivity index (χ4n) is 3.33. The number of hydrogen-bond acceptors (Lipinski definition) is 2. The minimum atomic E-state index is -0.104. The predicted molar refractivity (Wildman–Crippen MR) is 80.1 cm³/mol. The van der Waals surface area contributed by atoms with Crippen LogP contribution in [0.25, 0.3) is 0 Å². The Morgan fingerprint density at radius 3 is 2.47 bits per heavy atom. The van der Waals surface area contributed by atoms with Gasteiger partial charge in [-0.05, 0) is 37.5 Å². The summed E-state index contributed by atoms with van der Waals surface area (Å²) in [6.07, 6.45) is 13.1. The van der Waals surface area contributed by atoms with Crippen LogP contribution >= 0.6 is 0 Å². The molecule has 0 heterocycles. The number of carbonyl (C=O) groups excluding carboxylic acids is 1. The molecule has 2 heteroatoms. The second-order valence-corrected chi connectivity index (χ2v) is 6.38.